The first-order valence-electron chi connectivity index (χ1n) is 11.7. The quantitative estimate of drug-likeness (QED) is 0.359. The summed E-state index contributed by atoms with van der Waals surface area (Å²) in [7, 11) is 1.68. The molecule has 3 aliphatic heterocycles. The van der Waals surface area contributed by atoms with Crippen molar-refractivity contribution in [3.05, 3.63) is 29.8 Å². The molecule has 33 heavy (non-hydrogen) atoms. The molecule has 1 spiro atoms. The lowest BCUT2D eigenvalue weighted by atomic mass is 9.68. The van der Waals surface area contributed by atoms with Gasteiger partial charge in [0.25, 0.3) is 0 Å². The number of allylic oxidation sites excluding steroid dienone is 1. The Morgan fingerprint density at radius 1 is 1.27 bits per heavy atom. The van der Waals surface area contributed by atoms with E-state index >= 15 is 0 Å². The molecular formula is C25H33NO7. The zero-order valence-electron chi connectivity index (χ0n) is 19.7. The molecule has 3 heterocycles. The number of carbonyl (C=O) groups excluding carboxylic acids is 1. The van der Waals surface area contributed by atoms with E-state index < -0.39 is 0 Å². The van der Waals surface area contributed by atoms with E-state index in [1.807, 2.05) is 18.2 Å². The van der Waals surface area contributed by atoms with E-state index in [2.05, 4.69) is 32.2 Å². The van der Waals surface area contributed by atoms with Gasteiger partial charge in [-0.25, -0.2) is 0 Å². The minimum absolute atomic E-state index is 0.0129. The number of rotatable bonds is 8. The van der Waals surface area contributed by atoms with Crippen LogP contribution in [0.4, 0.5) is 5.69 Å². The lowest BCUT2D eigenvalue weighted by molar-refractivity contribution is -0.170. The Morgan fingerprint density at radius 2 is 2.06 bits per heavy atom. The lowest BCUT2D eigenvalue weighted by Gasteiger charge is -2.42. The van der Waals surface area contributed by atoms with Crippen LogP contribution < -0.4 is 14.8 Å². The number of esters is 1. The first-order chi connectivity index (χ1) is 15.8. The standard InChI is InChI=1S/C25H33NO7/c1-15(2)5-8-20-24(3,33-20)23-22(28-4)18(9-10-25(23)13-31-25)32-21(27)12-26-16-6-7-17-19(11-16)30-14-29-17/h5-7,11,18,20,22-23,26H,8-10,12-14H2,1-4H3. The van der Waals surface area contributed by atoms with Gasteiger partial charge in [-0.1, -0.05) is 11.6 Å². The second-order valence-electron chi connectivity index (χ2n) is 9.83. The Balaban J connectivity index is 1.22. The monoisotopic (exact) mass is 459 g/mol. The van der Waals surface area contributed by atoms with Crippen LogP contribution in [0.3, 0.4) is 0 Å². The summed E-state index contributed by atoms with van der Waals surface area (Å²) in [5.41, 5.74) is 1.47. The minimum Gasteiger partial charge on any atom is -0.458 e. The number of carbonyl (C=O) groups is 1. The summed E-state index contributed by atoms with van der Waals surface area (Å²) < 4.78 is 34.8. The molecule has 8 heteroatoms. The van der Waals surface area contributed by atoms with Gasteiger partial charge in [0.2, 0.25) is 6.79 Å². The number of fused-ring (bicyclic) bond motifs is 1. The highest BCUT2D eigenvalue weighted by Crippen LogP contribution is 2.59. The van der Waals surface area contributed by atoms with Crippen LogP contribution in [0.2, 0.25) is 0 Å². The van der Waals surface area contributed by atoms with Gasteiger partial charge >= 0.3 is 5.97 Å². The highest BCUT2D eigenvalue weighted by atomic mass is 16.7. The topological polar surface area (TPSA) is 91.1 Å². The summed E-state index contributed by atoms with van der Waals surface area (Å²) in [6.07, 6.45) is 4.12. The summed E-state index contributed by atoms with van der Waals surface area (Å²) >= 11 is 0. The number of nitrogens with one attached hydrogen (secondary N) is 1. The molecule has 6 unspecified atom stereocenters. The molecule has 1 aliphatic carbocycles. The van der Waals surface area contributed by atoms with Crippen molar-refractivity contribution in [3.8, 4) is 11.5 Å². The Kier molecular flexibility index (Phi) is 5.79. The fourth-order valence-corrected chi connectivity index (χ4v) is 5.46. The first kappa shape index (κ1) is 22.5. The Morgan fingerprint density at radius 3 is 2.79 bits per heavy atom. The fraction of sp³-hybridized carbons (Fsp3) is 0.640. The molecule has 1 N–H and O–H groups in total. The number of hydrogen-bond donors (Lipinski definition) is 1. The third-order valence-corrected chi connectivity index (χ3v) is 7.33. The van der Waals surface area contributed by atoms with E-state index in [9.17, 15) is 4.79 Å². The molecule has 8 nitrogen and oxygen atoms in total. The van der Waals surface area contributed by atoms with E-state index in [4.69, 9.17) is 28.4 Å². The zero-order chi connectivity index (χ0) is 23.2. The van der Waals surface area contributed by atoms with E-state index in [-0.39, 0.29) is 54.7 Å². The number of benzene rings is 1. The number of hydrogen-bond acceptors (Lipinski definition) is 8. The smallest absolute Gasteiger partial charge is 0.325 e. The predicted molar refractivity (Wildman–Crippen MR) is 120 cm³/mol. The summed E-state index contributed by atoms with van der Waals surface area (Å²) in [6, 6.07) is 5.48. The molecular weight excluding hydrogens is 426 g/mol. The van der Waals surface area contributed by atoms with Crippen LogP contribution in [-0.4, -0.2) is 62.5 Å². The van der Waals surface area contributed by atoms with Crippen LogP contribution in [0.15, 0.2) is 29.8 Å². The van der Waals surface area contributed by atoms with Gasteiger partial charge in [-0.2, -0.15) is 0 Å². The maximum Gasteiger partial charge on any atom is 0.325 e. The second-order valence-corrected chi connectivity index (χ2v) is 9.83. The van der Waals surface area contributed by atoms with Gasteiger partial charge in [0.05, 0.1) is 18.6 Å². The van der Waals surface area contributed by atoms with Gasteiger partial charge in [0.15, 0.2) is 11.5 Å². The Hall–Kier alpha value is -2.29. The number of epoxide rings is 2. The molecule has 5 rings (SSSR count). The molecule has 0 bridgehead atoms. The van der Waals surface area contributed by atoms with Crippen molar-refractivity contribution in [2.24, 2.45) is 5.92 Å². The maximum absolute atomic E-state index is 12.7. The van der Waals surface area contributed by atoms with Crippen molar-refractivity contribution >= 4 is 11.7 Å². The summed E-state index contributed by atoms with van der Waals surface area (Å²) in [5.74, 6) is 1.06. The Bertz CT molecular complexity index is 939. The first-order valence-corrected chi connectivity index (χ1v) is 11.7. The van der Waals surface area contributed by atoms with Crippen LogP contribution in [0.25, 0.3) is 0 Å². The van der Waals surface area contributed by atoms with Crippen molar-refractivity contribution in [1.29, 1.82) is 0 Å². The van der Waals surface area contributed by atoms with Gasteiger partial charge in [-0.05, 0) is 52.2 Å². The molecule has 1 aromatic rings. The lowest BCUT2D eigenvalue weighted by Crippen LogP contribution is -2.55. The zero-order valence-corrected chi connectivity index (χ0v) is 19.7. The van der Waals surface area contributed by atoms with Gasteiger partial charge in [0, 0.05) is 18.9 Å². The fourth-order valence-electron chi connectivity index (χ4n) is 5.46. The highest BCUT2D eigenvalue weighted by molar-refractivity contribution is 5.75. The SMILES string of the molecule is COC1C(OC(=O)CNc2ccc3c(c2)OCO3)CCC2(CO2)C1C1(C)OC1CC=C(C)C. The van der Waals surface area contributed by atoms with Crippen molar-refractivity contribution in [3.63, 3.8) is 0 Å². The normalized spacial score (nSPS) is 35.8. The molecule has 4 aliphatic rings. The third kappa shape index (κ3) is 4.32. The molecule has 2 saturated heterocycles. The minimum atomic E-state index is -0.348. The van der Waals surface area contributed by atoms with Gasteiger partial charge in [-0.15, -0.1) is 0 Å². The largest absolute Gasteiger partial charge is 0.458 e. The predicted octanol–water partition coefficient (Wildman–Crippen LogP) is 3.45. The summed E-state index contributed by atoms with van der Waals surface area (Å²) in [5, 5.41) is 3.11. The molecule has 1 aromatic carbocycles. The van der Waals surface area contributed by atoms with Gasteiger partial charge in [0.1, 0.15) is 30.0 Å². The molecule has 1 saturated carbocycles. The van der Waals surface area contributed by atoms with E-state index in [1.165, 1.54) is 5.57 Å². The maximum atomic E-state index is 12.7. The number of methoxy groups -OCH3 is 1. The van der Waals surface area contributed by atoms with E-state index in [0.29, 0.717) is 24.5 Å². The van der Waals surface area contributed by atoms with Crippen LogP contribution in [0.1, 0.15) is 40.0 Å². The Labute approximate surface area is 194 Å². The molecule has 0 aromatic heterocycles. The molecule has 0 amide bonds. The van der Waals surface area contributed by atoms with Crippen molar-refractivity contribution in [2.45, 2.75) is 69.5 Å². The van der Waals surface area contributed by atoms with Crippen molar-refractivity contribution in [1.82, 2.24) is 0 Å². The molecule has 0 radical (unpaired) electrons. The van der Waals surface area contributed by atoms with Gasteiger partial charge < -0.3 is 33.7 Å². The number of anilines is 1. The molecule has 6 atom stereocenters. The average molecular weight is 460 g/mol. The van der Waals surface area contributed by atoms with Crippen molar-refractivity contribution < 1.29 is 33.2 Å². The van der Waals surface area contributed by atoms with Crippen LogP contribution in [-0.2, 0) is 23.7 Å². The highest BCUT2D eigenvalue weighted by Gasteiger charge is 2.72. The van der Waals surface area contributed by atoms with Crippen molar-refractivity contribution in [2.75, 3.05) is 32.4 Å². The third-order valence-electron chi connectivity index (χ3n) is 7.33. The molecule has 180 valence electrons. The van der Waals surface area contributed by atoms with E-state index in [0.717, 1.165) is 18.5 Å². The molecule has 3 fully saturated rings. The van der Waals surface area contributed by atoms with Gasteiger partial charge in [-0.3, -0.25) is 4.79 Å². The average Bonchev–Trinajstić information content (AvgIpc) is 3.65. The summed E-state index contributed by atoms with van der Waals surface area (Å²) in [4.78, 5) is 12.7. The van der Waals surface area contributed by atoms with E-state index in [1.54, 1.807) is 7.11 Å². The van der Waals surface area contributed by atoms with Crippen LogP contribution >= 0.6 is 0 Å². The van der Waals surface area contributed by atoms with Crippen LogP contribution in [0, 0.1) is 5.92 Å². The summed E-state index contributed by atoms with van der Waals surface area (Å²) in [6.45, 7) is 7.30. The second kappa shape index (κ2) is 8.49. The van der Waals surface area contributed by atoms with Crippen LogP contribution in [0.5, 0.6) is 11.5 Å². The number of ether oxygens (including phenoxy) is 6.